The Morgan fingerprint density at radius 1 is 1.30 bits per heavy atom. The molecule has 0 saturated heterocycles. The average molecular weight is 475 g/mol. The van der Waals surface area contributed by atoms with Gasteiger partial charge in [0, 0.05) is 23.2 Å². The fraction of sp³-hybridized carbons (Fsp3) is 0.300. The third kappa shape index (κ3) is 3.46. The average Bonchev–Trinajstić information content (AvgIpc) is 3.44. The number of pyridine rings is 1. The van der Waals surface area contributed by atoms with Crippen molar-refractivity contribution in [2.24, 2.45) is 0 Å². The van der Waals surface area contributed by atoms with Crippen LogP contribution in [0.5, 0.6) is 0 Å². The van der Waals surface area contributed by atoms with Gasteiger partial charge in [0.1, 0.15) is 5.82 Å². The predicted molar refractivity (Wildman–Crippen MR) is 114 cm³/mol. The molecule has 4 aromatic rings. The normalized spacial score (nSPS) is 17.0. The summed E-state index contributed by atoms with van der Waals surface area (Å²) in [7, 11) is 0. The Morgan fingerprint density at radius 3 is 2.73 bits per heavy atom. The third-order valence-corrected chi connectivity index (χ3v) is 5.86. The van der Waals surface area contributed by atoms with Gasteiger partial charge < -0.3 is 10.3 Å². The van der Waals surface area contributed by atoms with Crippen LogP contribution in [0.15, 0.2) is 35.5 Å². The molecule has 0 bridgehead atoms. The monoisotopic (exact) mass is 474 g/mol. The van der Waals surface area contributed by atoms with E-state index in [1.54, 1.807) is 16.8 Å². The minimum atomic E-state index is -2.99. The molecule has 0 fully saturated rings. The number of H-pyrrole nitrogens is 1. The lowest BCUT2D eigenvalue weighted by Gasteiger charge is -2.19. The van der Waals surface area contributed by atoms with Crippen LogP contribution in [0.1, 0.15) is 49.4 Å². The molecule has 13 heteroatoms. The Hall–Kier alpha value is -3.67. The van der Waals surface area contributed by atoms with Gasteiger partial charge in [0.05, 0.1) is 29.6 Å². The largest absolute Gasteiger partial charge is 0.312 e. The van der Waals surface area contributed by atoms with Crippen molar-refractivity contribution in [3.63, 3.8) is 0 Å². The van der Waals surface area contributed by atoms with Crippen LogP contribution in [0.4, 0.5) is 14.6 Å². The van der Waals surface area contributed by atoms with E-state index in [1.807, 2.05) is 13.8 Å². The van der Waals surface area contributed by atoms with Crippen molar-refractivity contribution in [3.8, 4) is 5.69 Å². The van der Waals surface area contributed by atoms with Crippen LogP contribution < -0.4 is 10.9 Å². The van der Waals surface area contributed by atoms with Crippen molar-refractivity contribution in [2.75, 3.05) is 5.32 Å². The number of rotatable bonds is 4. The van der Waals surface area contributed by atoms with E-state index in [9.17, 15) is 18.4 Å². The first-order valence-electron chi connectivity index (χ1n) is 9.93. The third-order valence-electron chi connectivity index (χ3n) is 5.68. The Balaban J connectivity index is 1.51. The number of aromatic nitrogens is 7. The molecular formula is C20H17ClF2N8O2. The molecule has 1 amide bonds. The quantitative estimate of drug-likeness (QED) is 0.468. The molecule has 0 aliphatic heterocycles. The van der Waals surface area contributed by atoms with Crippen molar-refractivity contribution in [1.82, 2.24) is 34.6 Å². The van der Waals surface area contributed by atoms with Crippen LogP contribution in [-0.4, -0.2) is 40.5 Å². The van der Waals surface area contributed by atoms with Crippen LogP contribution in [0, 0.1) is 0 Å². The van der Waals surface area contributed by atoms with E-state index in [4.69, 9.17) is 11.6 Å². The summed E-state index contributed by atoms with van der Waals surface area (Å²) >= 11 is 6.03. The number of nitrogens with one attached hydrogen (secondary N) is 2. The highest BCUT2D eigenvalue weighted by Gasteiger charge is 2.43. The number of amides is 1. The van der Waals surface area contributed by atoms with Gasteiger partial charge in [-0.25, -0.2) is 18.3 Å². The highest BCUT2D eigenvalue weighted by atomic mass is 35.5. The molecule has 4 aromatic heterocycles. The first kappa shape index (κ1) is 21.2. The summed E-state index contributed by atoms with van der Waals surface area (Å²) in [4.78, 5) is 33.3. The molecule has 2 N–H and O–H groups in total. The standard InChI is InChI=1S/C20H17ClF2N8O2/c1-20(2)7-10(11-8-24-14-6-12(21)29-30(14)16(11)20)18(32)27-13-5-9(17(22)23)15(19(33)28-13)31-25-3-4-26-31/h3-6,8,10,17H,7H2,1-2H3,(H2,27,28,32,33). The van der Waals surface area contributed by atoms with Crippen LogP contribution in [-0.2, 0) is 10.2 Å². The number of nitrogens with zero attached hydrogens (tertiary/aromatic N) is 6. The first-order valence-corrected chi connectivity index (χ1v) is 10.3. The molecule has 0 saturated carbocycles. The van der Waals surface area contributed by atoms with Crippen LogP contribution >= 0.6 is 11.6 Å². The Labute approximate surface area is 189 Å². The van der Waals surface area contributed by atoms with E-state index in [0.29, 0.717) is 17.6 Å². The van der Waals surface area contributed by atoms with E-state index < -0.39 is 40.5 Å². The fourth-order valence-corrected chi connectivity index (χ4v) is 4.54. The number of carbonyl (C=O) groups excluding carboxylic acids is 1. The fourth-order valence-electron chi connectivity index (χ4n) is 4.37. The van der Waals surface area contributed by atoms with Gasteiger partial charge in [-0.1, -0.05) is 25.4 Å². The lowest BCUT2D eigenvalue weighted by Crippen LogP contribution is -2.25. The van der Waals surface area contributed by atoms with Gasteiger partial charge >= 0.3 is 0 Å². The molecule has 0 radical (unpaired) electrons. The zero-order valence-corrected chi connectivity index (χ0v) is 18.1. The van der Waals surface area contributed by atoms with Crippen molar-refractivity contribution in [2.45, 2.75) is 38.0 Å². The van der Waals surface area contributed by atoms with Gasteiger partial charge in [-0.3, -0.25) is 9.59 Å². The second-order valence-electron chi connectivity index (χ2n) is 8.36. The van der Waals surface area contributed by atoms with Gasteiger partial charge in [-0.15, -0.1) is 4.80 Å². The Bertz CT molecular complexity index is 1440. The number of alkyl halides is 2. The van der Waals surface area contributed by atoms with Crippen LogP contribution in [0.25, 0.3) is 11.3 Å². The van der Waals surface area contributed by atoms with E-state index in [-0.39, 0.29) is 11.0 Å². The van der Waals surface area contributed by atoms with Gasteiger partial charge in [0.15, 0.2) is 16.5 Å². The molecule has 170 valence electrons. The summed E-state index contributed by atoms with van der Waals surface area (Å²) in [5, 5.41) is 14.6. The molecule has 10 nitrogen and oxygen atoms in total. The lowest BCUT2D eigenvalue weighted by molar-refractivity contribution is -0.117. The number of aromatic amines is 1. The van der Waals surface area contributed by atoms with Gasteiger partial charge in [0.25, 0.3) is 12.0 Å². The van der Waals surface area contributed by atoms with E-state index >= 15 is 0 Å². The minimum Gasteiger partial charge on any atom is -0.312 e. The summed E-state index contributed by atoms with van der Waals surface area (Å²) in [5.41, 5.74) is -0.317. The second kappa shape index (κ2) is 7.44. The van der Waals surface area contributed by atoms with Crippen molar-refractivity contribution >= 4 is 29.0 Å². The molecule has 5 rings (SSSR count). The maximum atomic E-state index is 13.7. The topological polar surface area (TPSA) is 123 Å². The number of halogens is 3. The summed E-state index contributed by atoms with van der Waals surface area (Å²) in [6.07, 6.45) is 1.56. The Morgan fingerprint density at radius 2 is 2.03 bits per heavy atom. The number of fused-ring (bicyclic) bond motifs is 3. The smallest absolute Gasteiger partial charge is 0.277 e. The maximum absolute atomic E-state index is 13.7. The maximum Gasteiger partial charge on any atom is 0.277 e. The van der Waals surface area contributed by atoms with E-state index in [2.05, 4.69) is 30.6 Å². The highest BCUT2D eigenvalue weighted by molar-refractivity contribution is 6.29. The van der Waals surface area contributed by atoms with Crippen molar-refractivity contribution in [3.05, 3.63) is 63.1 Å². The number of hydrogen-bond acceptors (Lipinski definition) is 6. The summed E-state index contributed by atoms with van der Waals surface area (Å²) in [6, 6.07) is 2.64. The predicted octanol–water partition coefficient (Wildman–Crippen LogP) is 2.99. The zero-order chi connectivity index (χ0) is 23.5. The number of anilines is 1. The molecule has 1 atom stereocenters. The molecule has 33 heavy (non-hydrogen) atoms. The van der Waals surface area contributed by atoms with E-state index in [0.717, 1.165) is 16.6 Å². The summed E-state index contributed by atoms with van der Waals surface area (Å²) < 4.78 is 29.0. The summed E-state index contributed by atoms with van der Waals surface area (Å²) in [6.45, 7) is 3.94. The molecule has 1 aliphatic rings. The molecular weight excluding hydrogens is 458 g/mol. The second-order valence-corrected chi connectivity index (χ2v) is 8.75. The van der Waals surface area contributed by atoms with Gasteiger partial charge in [-0.2, -0.15) is 15.3 Å². The van der Waals surface area contributed by atoms with Gasteiger partial charge in [0.2, 0.25) is 5.91 Å². The van der Waals surface area contributed by atoms with Crippen molar-refractivity contribution < 1.29 is 13.6 Å². The molecule has 4 heterocycles. The van der Waals surface area contributed by atoms with Crippen LogP contribution in [0.3, 0.4) is 0 Å². The van der Waals surface area contributed by atoms with Crippen LogP contribution in [0.2, 0.25) is 5.15 Å². The van der Waals surface area contributed by atoms with Gasteiger partial charge in [-0.05, 0) is 12.5 Å². The number of carbonyl (C=O) groups is 1. The first-order chi connectivity index (χ1) is 15.7. The molecule has 0 aromatic carbocycles. The summed E-state index contributed by atoms with van der Waals surface area (Å²) in [5.74, 6) is -1.26. The minimum absolute atomic E-state index is 0.154. The van der Waals surface area contributed by atoms with Crippen molar-refractivity contribution in [1.29, 1.82) is 0 Å². The number of hydrogen-bond donors (Lipinski definition) is 2. The molecule has 1 unspecified atom stereocenters. The Kier molecular flexibility index (Phi) is 4.78. The molecule has 0 spiro atoms. The SMILES string of the molecule is CC1(C)CC(C(=O)Nc2cc(C(F)F)c(-n3nccn3)c(=O)[nH]2)c2cnc3cc(Cl)nn3c21. The van der Waals surface area contributed by atoms with E-state index in [1.165, 1.54) is 12.4 Å². The lowest BCUT2D eigenvalue weighted by atomic mass is 9.88. The highest BCUT2D eigenvalue weighted by Crippen LogP contribution is 2.46. The molecule has 1 aliphatic carbocycles. The zero-order valence-electron chi connectivity index (χ0n) is 17.4.